The molecule has 0 aliphatic heterocycles. The second-order valence-electron chi connectivity index (χ2n) is 2.05. The van der Waals surface area contributed by atoms with Crippen LogP contribution in [-0.4, -0.2) is 23.0 Å². The lowest BCUT2D eigenvalue weighted by Crippen LogP contribution is -2.06. The first kappa shape index (κ1) is 6.92. The molecule has 1 atom stereocenters. The number of hydrogen-bond acceptors (Lipinski definition) is 2. The first-order chi connectivity index (χ1) is 4.61. The van der Waals surface area contributed by atoms with Crippen LogP contribution in [0.3, 0.4) is 0 Å². The summed E-state index contributed by atoms with van der Waals surface area (Å²) in [5, 5.41) is 8.26. The molecule has 0 heterocycles. The summed E-state index contributed by atoms with van der Waals surface area (Å²) in [4.78, 5) is 20.5. The number of hydrogen-bond donors (Lipinski definition) is 1. The van der Waals surface area contributed by atoms with Crippen LogP contribution in [0.5, 0.6) is 0 Å². The van der Waals surface area contributed by atoms with Gasteiger partial charge in [-0.15, -0.1) is 0 Å². The zero-order valence-electron chi connectivity index (χ0n) is 5.00. The lowest BCUT2D eigenvalue weighted by Gasteiger charge is -1.92. The molecule has 1 rings (SSSR count). The van der Waals surface area contributed by atoms with Gasteiger partial charge in [0.25, 0.3) is 0 Å². The molecule has 1 N–H and O–H groups in total. The first-order valence-electron chi connectivity index (χ1n) is 2.73. The summed E-state index contributed by atoms with van der Waals surface area (Å²) < 4.78 is 12.3. The lowest BCUT2D eigenvalue weighted by atomic mass is 10.2. The van der Waals surface area contributed by atoms with Crippen LogP contribution in [0.2, 0.25) is 0 Å². The van der Waals surface area contributed by atoms with E-state index in [1.807, 2.05) is 0 Å². The quantitative estimate of drug-likeness (QED) is 0.576. The van der Waals surface area contributed by atoms with Gasteiger partial charge in [0.2, 0.25) is 0 Å². The van der Waals surface area contributed by atoms with Crippen molar-refractivity contribution in [3.05, 3.63) is 11.6 Å². The van der Waals surface area contributed by atoms with Gasteiger partial charge in [-0.05, 0) is 6.08 Å². The van der Waals surface area contributed by atoms with Crippen LogP contribution >= 0.6 is 0 Å². The third-order valence-corrected chi connectivity index (χ3v) is 1.30. The van der Waals surface area contributed by atoms with Gasteiger partial charge in [-0.1, -0.05) is 0 Å². The minimum atomic E-state index is -1.63. The number of allylic oxidation sites excluding steroid dienone is 1. The fraction of sp³-hybridized carbons (Fsp3) is 0.333. The minimum Gasteiger partial charge on any atom is -0.478 e. The van der Waals surface area contributed by atoms with Crippen LogP contribution in [0.15, 0.2) is 11.6 Å². The molecule has 0 aromatic heterocycles. The molecule has 0 saturated carbocycles. The van der Waals surface area contributed by atoms with Crippen LogP contribution in [0.4, 0.5) is 4.39 Å². The highest BCUT2D eigenvalue weighted by Crippen LogP contribution is 2.18. The Hall–Kier alpha value is -1.19. The van der Waals surface area contributed by atoms with Gasteiger partial charge in [0.1, 0.15) is 0 Å². The number of halogens is 1. The summed E-state index contributed by atoms with van der Waals surface area (Å²) in [6.45, 7) is 0. The fourth-order valence-corrected chi connectivity index (χ4v) is 0.764. The third-order valence-electron chi connectivity index (χ3n) is 1.30. The fourth-order valence-electron chi connectivity index (χ4n) is 0.764. The Kier molecular flexibility index (Phi) is 1.53. The normalized spacial score (nSPS) is 24.7. The van der Waals surface area contributed by atoms with Crippen molar-refractivity contribution in [2.45, 2.75) is 12.6 Å². The van der Waals surface area contributed by atoms with E-state index in [4.69, 9.17) is 5.11 Å². The summed E-state index contributed by atoms with van der Waals surface area (Å²) in [6.07, 6.45) is -1.08. The van der Waals surface area contributed by atoms with Gasteiger partial charge in [-0.2, -0.15) is 0 Å². The van der Waals surface area contributed by atoms with E-state index in [2.05, 4.69) is 0 Å². The molecule has 0 aromatic carbocycles. The van der Waals surface area contributed by atoms with E-state index >= 15 is 0 Å². The van der Waals surface area contributed by atoms with Crippen molar-refractivity contribution in [3.63, 3.8) is 0 Å². The van der Waals surface area contributed by atoms with Gasteiger partial charge in [0.05, 0.1) is 0 Å². The number of aliphatic carboxylic acids is 1. The van der Waals surface area contributed by atoms with E-state index < -0.39 is 17.9 Å². The molecular weight excluding hydrogens is 139 g/mol. The summed E-state index contributed by atoms with van der Waals surface area (Å²) in [5.41, 5.74) is -0.141. The van der Waals surface area contributed by atoms with E-state index in [-0.39, 0.29) is 12.0 Å². The van der Waals surface area contributed by atoms with Gasteiger partial charge >= 0.3 is 5.97 Å². The van der Waals surface area contributed by atoms with Crippen LogP contribution in [-0.2, 0) is 9.59 Å². The van der Waals surface area contributed by atoms with Crippen molar-refractivity contribution in [3.8, 4) is 0 Å². The summed E-state index contributed by atoms with van der Waals surface area (Å²) in [7, 11) is 0. The maximum atomic E-state index is 12.3. The largest absolute Gasteiger partial charge is 0.478 e. The third kappa shape index (κ3) is 1.05. The molecule has 3 nitrogen and oxygen atoms in total. The Morgan fingerprint density at radius 1 is 1.80 bits per heavy atom. The summed E-state index contributed by atoms with van der Waals surface area (Å²) in [6, 6.07) is 0. The first-order valence-corrected chi connectivity index (χ1v) is 2.73. The number of carboxylic acids is 1. The van der Waals surface area contributed by atoms with Gasteiger partial charge in [-0.25, -0.2) is 9.18 Å². The Morgan fingerprint density at radius 2 is 2.40 bits per heavy atom. The average Bonchev–Trinajstić information content (AvgIpc) is 2.13. The molecule has 1 aliphatic carbocycles. The molecule has 4 heteroatoms. The number of ketones is 1. The van der Waals surface area contributed by atoms with Gasteiger partial charge in [0.15, 0.2) is 12.0 Å². The zero-order chi connectivity index (χ0) is 7.72. The molecule has 10 heavy (non-hydrogen) atoms. The summed E-state index contributed by atoms with van der Waals surface area (Å²) >= 11 is 0. The maximum absolute atomic E-state index is 12.3. The van der Waals surface area contributed by atoms with Gasteiger partial charge < -0.3 is 5.11 Å². The Balaban J connectivity index is 2.77. The average molecular weight is 144 g/mol. The van der Waals surface area contributed by atoms with Gasteiger partial charge in [-0.3, -0.25) is 4.79 Å². The summed E-state index contributed by atoms with van der Waals surface area (Å²) in [5.74, 6) is -1.95. The topological polar surface area (TPSA) is 54.4 Å². The Morgan fingerprint density at radius 3 is 2.60 bits per heavy atom. The van der Waals surface area contributed by atoms with Crippen LogP contribution in [0, 0.1) is 0 Å². The van der Waals surface area contributed by atoms with Crippen molar-refractivity contribution < 1.29 is 19.1 Å². The molecular formula is C6H5FO3. The molecule has 0 saturated heterocycles. The maximum Gasteiger partial charge on any atom is 0.331 e. The lowest BCUT2D eigenvalue weighted by molar-refractivity contribution is -0.132. The Bertz CT molecular complexity index is 219. The molecule has 0 spiro atoms. The highest BCUT2D eigenvalue weighted by molar-refractivity contribution is 6.05. The number of alkyl halides is 1. The van der Waals surface area contributed by atoms with Crippen LogP contribution in [0.25, 0.3) is 0 Å². The zero-order valence-corrected chi connectivity index (χ0v) is 5.00. The highest BCUT2D eigenvalue weighted by atomic mass is 19.1. The van der Waals surface area contributed by atoms with Gasteiger partial charge in [0, 0.05) is 12.0 Å². The molecule has 0 radical (unpaired) electrons. The molecule has 54 valence electrons. The van der Waals surface area contributed by atoms with Crippen molar-refractivity contribution in [2.24, 2.45) is 0 Å². The smallest absolute Gasteiger partial charge is 0.331 e. The van der Waals surface area contributed by atoms with Crippen molar-refractivity contribution in [2.75, 3.05) is 0 Å². The standard InChI is InChI=1S/C6H5FO3/c7-4-1-3(6(9)10)2-5(4)8/h2,4H,1H2,(H,9,10). The number of carbonyl (C=O) groups is 2. The van der Waals surface area contributed by atoms with E-state index in [1.165, 1.54) is 0 Å². The minimum absolute atomic E-state index is 0.141. The molecule has 0 bridgehead atoms. The van der Waals surface area contributed by atoms with E-state index in [9.17, 15) is 14.0 Å². The second-order valence-corrected chi connectivity index (χ2v) is 2.05. The SMILES string of the molecule is O=C(O)C1=CC(=O)C(F)C1. The number of rotatable bonds is 1. The van der Waals surface area contributed by atoms with E-state index in [1.54, 1.807) is 0 Å². The van der Waals surface area contributed by atoms with E-state index in [0.29, 0.717) is 0 Å². The molecule has 0 aromatic rings. The molecule has 1 aliphatic rings. The monoisotopic (exact) mass is 144 g/mol. The van der Waals surface area contributed by atoms with Crippen LogP contribution < -0.4 is 0 Å². The predicted octanol–water partition coefficient (Wildman–Crippen LogP) is 0.308. The Labute approximate surface area is 56.2 Å². The highest BCUT2D eigenvalue weighted by Gasteiger charge is 2.27. The van der Waals surface area contributed by atoms with Crippen molar-refractivity contribution in [1.82, 2.24) is 0 Å². The number of carbonyl (C=O) groups excluding carboxylic acids is 1. The van der Waals surface area contributed by atoms with Crippen LogP contribution in [0.1, 0.15) is 6.42 Å². The predicted molar refractivity (Wildman–Crippen MR) is 30.2 cm³/mol. The molecule has 1 unspecified atom stereocenters. The second kappa shape index (κ2) is 2.21. The van der Waals surface area contributed by atoms with Crippen molar-refractivity contribution >= 4 is 11.8 Å². The molecule has 0 amide bonds. The van der Waals surface area contributed by atoms with E-state index in [0.717, 1.165) is 6.08 Å². The molecule has 0 fully saturated rings. The van der Waals surface area contributed by atoms with Crippen molar-refractivity contribution in [1.29, 1.82) is 0 Å². The number of carboxylic acid groups (broad SMARTS) is 1.